The van der Waals surface area contributed by atoms with Crippen molar-refractivity contribution in [3.05, 3.63) is 77.1 Å². The summed E-state index contributed by atoms with van der Waals surface area (Å²) in [5.74, 6) is 1.23. The van der Waals surface area contributed by atoms with Crippen LogP contribution in [0.1, 0.15) is 92.9 Å². The average molecular weight is 686 g/mol. The van der Waals surface area contributed by atoms with E-state index in [1.54, 1.807) is 13.2 Å². The van der Waals surface area contributed by atoms with Gasteiger partial charge in [0.1, 0.15) is 23.3 Å². The van der Waals surface area contributed by atoms with Crippen LogP contribution in [0.25, 0.3) is 5.65 Å². The Kier molecular flexibility index (Phi) is 10.3. The topological polar surface area (TPSA) is 157 Å². The zero-order chi connectivity index (χ0) is 35.5. The van der Waals surface area contributed by atoms with Crippen molar-refractivity contribution in [3.63, 3.8) is 0 Å². The first kappa shape index (κ1) is 35.2. The molecule has 0 spiro atoms. The fourth-order valence-electron chi connectivity index (χ4n) is 6.17. The highest BCUT2D eigenvalue weighted by Gasteiger charge is 2.31. The van der Waals surface area contributed by atoms with E-state index in [0.717, 1.165) is 24.2 Å². The first-order valence-electron chi connectivity index (χ1n) is 17.1. The molecule has 1 fully saturated rings. The SMILES string of the molecule is COC(C)(C)c1nnc2ccc(O[C@@H]3CC[C@H](NC(=O)Nc4cc(C(C)(C)C)nc(C(=O)NCCN5CCOCC5)n4)c4ccccc43)cn12. The van der Waals surface area contributed by atoms with Crippen LogP contribution in [0.15, 0.2) is 48.7 Å². The van der Waals surface area contributed by atoms with Crippen molar-refractivity contribution in [1.29, 1.82) is 0 Å². The number of rotatable bonds is 10. The summed E-state index contributed by atoms with van der Waals surface area (Å²) in [5.41, 5.74) is 2.31. The average Bonchev–Trinajstić information content (AvgIpc) is 3.53. The van der Waals surface area contributed by atoms with E-state index in [-0.39, 0.29) is 35.1 Å². The first-order valence-corrected chi connectivity index (χ1v) is 17.1. The largest absolute Gasteiger partial charge is 0.484 e. The Morgan fingerprint density at radius 3 is 2.48 bits per heavy atom. The van der Waals surface area contributed by atoms with E-state index >= 15 is 0 Å². The summed E-state index contributed by atoms with van der Waals surface area (Å²) in [4.78, 5) is 37.8. The molecule has 4 aromatic rings. The number of hydrogen-bond acceptors (Lipinski definition) is 10. The van der Waals surface area contributed by atoms with E-state index in [9.17, 15) is 9.59 Å². The maximum Gasteiger partial charge on any atom is 0.320 e. The minimum absolute atomic E-state index is 0.0141. The number of methoxy groups -OCH3 is 1. The fourth-order valence-corrected chi connectivity index (χ4v) is 6.17. The Labute approximate surface area is 292 Å². The second kappa shape index (κ2) is 14.7. The molecule has 14 nitrogen and oxygen atoms in total. The van der Waals surface area contributed by atoms with Crippen LogP contribution in [0.4, 0.5) is 10.6 Å². The van der Waals surface area contributed by atoms with Crippen molar-refractivity contribution >= 4 is 23.4 Å². The fraction of sp³-hybridized carbons (Fsp3) is 0.500. The predicted octanol–water partition coefficient (Wildman–Crippen LogP) is 4.54. The molecule has 50 heavy (non-hydrogen) atoms. The van der Waals surface area contributed by atoms with Gasteiger partial charge in [-0.05, 0) is 49.9 Å². The van der Waals surface area contributed by atoms with Crippen LogP contribution in [0, 0.1) is 0 Å². The van der Waals surface area contributed by atoms with Crippen molar-refractivity contribution in [2.24, 2.45) is 0 Å². The second-order valence-corrected chi connectivity index (χ2v) is 14.2. The van der Waals surface area contributed by atoms with Crippen molar-refractivity contribution in [1.82, 2.24) is 40.1 Å². The Hall–Kier alpha value is -4.66. The van der Waals surface area contributed by atoms with Crippen molar-refractivity contribution in [2.45, 2.75) is 70.6 Å². The first-order chi connectivity index (χ1) is 23.9. The number of anilines is 1. The molecule has 1 aliphatic carbocycles. The Morgan fingerprint density at radius 2 is 1.74 bits per heavy atom. The molecule has 266 valence electrons. The second-order valence-electron chi connectivity index (χ2n) is 14.2. The lowest BCUT2D eigenvalue weighted by molar-refractivity contribution is 0.0106. The van der Waals surface area contributed by atoms with Gasteiger partial charge in [0.05, 0.1) is 31.1 Å². The van der Waals surface area contributed by atoms with Crippen LogP contribution in [-0.2, 0) is 20.5 Å². The molecule has 2 aliphatic rings. The maximum atomic E-state index is 13.4. The molecule has 14 heteroatoms. The summed E-state index contributed by atoms with van der Waals surface area (Å²) in [6.45, 7) is 14.1. The normalized spacial score (nSPS) is 18.4. The van der Waals surface area contributed by atoms with Gasteiger partial charge in [0.15, 0.2) is 11.5 Å². The molecule has 4 heterocycles. The molecule has 1 aromatic carbocycles. The van der Waals surface area contributed by atoms with Gasteiger partial charge < -0.3 is 24.8 Å². The Bertz CT molecular complexity index is 1830. The van der Waals surface area contributed by atoms with Gasteiger partial charge in [-0.15, -0.1) is 10.2 Å². The third-order valence-corrected chi connectivity index (χ3v) is 9.20. The highest BCUT2D eigenvalue weighted by Crippen LogP contribution is 2.39. The minimum atomic E-state index is -0.633. The number of carbonyl (C=O) groups is 2. The molecule has 1 aliphatic heterocycles. The third kappa shape index (κ3) is 8.03. The van der Waals surface area contributed by atoms with Gasteiger partial charge in [0, 0.05) is 44.8 Å². The molecule has 0 saturated carbocycles. The van der Waals surface area contributed by atoms with E-state index in [1.165, 1.54) is 0 Å². The number of amides is 3. The van der Waals surface area contributed by atoms with Crippen LogP contribution >= 0.6 is 0 Å². The number of pyridine rings is 1. The molecule has 0 bridgehead atoms. The van der Waals surface area contributed by atoms with Crippen LogP contribution in [0.2, 0.25) is 0 Å². The number of benzene rings is 1. The molecule has 1 saturated heterocycles. The highest BCUT2D eigenvalue weighted by molar-refractivity contribution is 5.92. The van der Waals surface area contributed by atoms with Crippen LogP contribution in [0.5, 0.6) is 5.75 Å². The maximum absolute atomic E-state index is 13.4. The van der Waals surface area contributed by atoms with Crippen molar-refractivity contribution in [3.8, 4) is 5.75 Å². The summed E-state index contributed by atoms with van der Waals surface area (Å²) in [7, 11) is 1.65. The molecule has 0 unspecified atom stereocenters. The van der Waals surface area contributed by atoms with E-state index < -0.39 is 11.6 Å². The van der Waals surface area contributed by atoms with Gasteiger partial charge in [-0.2, -0.15) is 0 Å². The van der Waals surface area contributed by atoms with Crippen LogP contribution < -0.4 is 20.7 Å². The lowest BCUT2D eigenvalue weighted by Gasteiger charge is -2.32. The summed E-state index contributed by atoms with van der Waals surface area (Å²) in [5, 5.41) is 17.5. The van der Waals surface area contributed by atoms with E-state index in [1.807, 2.05) is 81.6 Å². The van der Waals surface area contributed by atoms with Crippen LogP contribution in [0.3, 0.4) is 0 Å². The van der Waals surface area contributed by atoms with Crippen LogP contribution in [-0.4, -0.2) is 87.9 Å². The third-order valence-electron chi connectivity index (χ3n) is 9.20. The van der Waals surface area contributed by atoms with Gasteiger partial charge in [-0.3, -0.25) is 19.4 Å². The molecular formula is C36H47N9O5. The lowest BCUT2D eigenvalue weighted by atomic mass is 9.85. The number of nitrogens with zero attached hydrogens (tertiary/aromatic N) is 6. The van der Waals surface area contributed by atoms with Crippen molar-refractivity contribution in [2.75, 3.05) is 51.8 Å². The molecule has 2 atom stereocenters. The lowest BCUT2D eigenvalue weighted by Crippen LogP contribution is -2.41. The number of hydrogen-bond donors (Lipinski definition) is 3. The smallest absolute Gasteiger partial charge is 0.320 e. The summed E-state index contributed by atoms with van der Waals surface area (Å²) < 4.78 is 19.5. The van der Waals surface area contributed by atoms with E-state index in [4.69, 9.17) is 14.2 Å². The zero-order valence-corrected chi connectivity index (χ0v) is 29.7. The Morgan fingerprint density at radius 1 is 0.980 bits per heavy atom. The van der Waals surface area contributed by atoms with Gasteiger partial charge >= 0.3 is 6.03 Å². The number of fused-ring (bicyclic) bond motifs is 2. The molecule has 0 radical (unpaired) electrons. The Balaban J connectivity index is 1.13. The van der Waals surface area contributed by atoms with E-state index in [2.05, 4.69) is 41.0 Å². The monoisotopic (exact) mass is 685 g/mol. The predicted molar refractivity (Wildman–Crippen MR) is 187 cm³/mol. The summed E-state index contributed by atoms with van der Waals surface area (Å²) in [6.07, 6.45) is 2.99. The number of urea groups is 1. The van der Waals surface area contributed by atoms with Gasteiger partial charge in [-0.1, -0.05) is 45.0 Å². The van der Waals surface area contributed by atoms with E-state index in [0.29, 0.717) is 62.1 Å². The standard InChI is InChI=1S/C36H47N9O5/c1-35(2,3)28-21-29(40-31(39-28)32(46)37-15-16-44-17-19-49-20-18-44)41-34(47)38-26-12-13-27(25-10-8-7-9-24(25)26)50-23-11-14-30-42-43-33(45(30)22-23)36(4,5)48-6/h7-11,14,21-22,26-27H,12-13,15-20H2,1-6H3,(H,37,46)(H2,38,39,40,41,47)/t26-,27+/m0/s1. The molecular weight excluding hydrogens is 638 g/mol. The number of carbonyl (C=O) groups excluding carboxylic acids is 2. The molecule has 3 aromatic heterocycles. The number of ether oxygens (including phenoxy) is 3. The van der Waals surface area contributed by atoms with Gasteiger partial charge in [0.2, 0.25) is 5.82 Å². The number of morpholine rings is 1. The molecule has 3 N–H and O–H groups in total. The summed E-state index contributed by atoms with van der Waals surface area (Å²) in [6, 6.07) is 12.8. The number of aromatic nitrogens is 5. The molecule has 6 rings (SSSR count). The highest BCUT2D eigenvalue weighted by atomic mass is 16.5. The van der Waals surface area contributed by atoms with Gasteiger partial charge in [-0.25, -0.2) is 14.8 Å². The molecule has 3 amide bonds. The van der Waals surface area contributed by atoms with Crippen molar-refractivity contribution < 1.29 is 23.8 Å². The zero-order valence-electron chi connectivity index (χ0n) is 29.7. The quantitative estimate of drug-likeness (QED) is 0.217. The minimum Gasteiger partial charge on any atom is -0.484 e. The number of nitrogens with one attached hydrogen (secondary N) is 3. The van der Waals surface area contributed by atoms with Gasteiger partial charge in [0.25, 0.3) is 5.91 Å². The summed E-state index contributed by atoms with van der Waals surface area (Å²) >= 11 is 0.